The summed E-state index contributed by atoms with van der Waals surface area (Å²) in [6, 6.07) is 58.7. The molecule has 0 amide bonds. The van der Waals surface area contributed by atoms with Crippen LogP contribution in [0.3, 0.4) is 0 Å². The third kappa shape index (κ3) is 7.50. The molecule has 0 spiro atoms. The lowest BCUT2D eigenvalue weighted by Gasteiger charge is -2.50. The van der Waals surface area contributed by atoms with Crippen LogP contribution < -0.4 is 0 Å². The average molecular weight is 788 g/mol. The molecule has 61 heavy (non-hydrogen) atoms. The van der Waals surface area contributed by atoms with Gasteiger partial charge >= 0.3 is 0 Å². The van der Waals surface area contributed by atoms with E-state index in [-0.39, 0.29) is 0 Å². The Morgan fingerprint density at radius 3 is 1.39 bits per heavy atom. The molecule has 5 heteroatoms. The van der Waals surface area contributed by atoms with Crippen LogP contribution in [0.15, 0.2) is 158 Å². The average Bonchev–Trinajstić information content (AvgIpc) is 3.31. The Balaban J connectivity index is 1.01. The summed E-state index contributed by atoms with van der Waals surface area (Å²) < 4.78 is 0. The zero-order valence-corrected chi connectivity index (χ0v) is 34.5. The molecule has 8 aromatic rings. The predicted octanol–water partition coefficient (Wildman–Crippen LogP) is 13.9. The number of nitriles is 2. The van der Waals surface area contributed by atoms with E-state index < -0.39 is 0 Å². The quantitative estimate of drug-likeness (QED) is 0.161. The van der Waals surface area contributed by atoms with Gasteiger partial charge < -0.3 is 0 Å². The number of aromatic nitrogens is 3. The van der Waals surface area contributed by atoms with Gasteiger partial charge in [-0.05, 0) is 135 Å². The van der Waals surface area contributed by atoms with Crippen molar-refractivity contribution in [1.29, 1.82) is 10.5 Å². The van der Waals surface area contributed by atoms with Gasteiger partial charge in [0.25, 0.3) is 0 Å². The molecule has 0 N–H and O–H groups in total. The van der Waals surface area contributed by atoms with Crippen LogP contribution in [0.1, 0.15) is 62.6 Å². The van der Waals surface area contributed by atoms with Crippen LogP contribution in [-0.4, -0.2) is 15.0 Å². The summed E-state index contributed by atoms with van der Waals surface area (Å²) in [5.41, 5.74) is 12.4. The lowest BCUT2D eigenvalue weighted by molar-refractivity contribution is 0.0780. The standard InChI is InChI=1S/C56H45N5/c1-36-28-40-29-37(2)32-56(31-36,33-40)50-25-22-45(23-26-50)48-24-27-51-49(30-48)4-3-5-52(51)55-60-53(46-18-14-43(15-19-46)41-10-6-38(34-57)7-11-41)59-54(61-55)47-20-16-44(17-21-47)42-12-8-39(35-58)9-13-42/h3-27,30,36-37,40H,28-29,31-33H2,1-2H3/t36-,37+,40?,56?. The third-order valence-electron chi connectivity index (χ3n) is 13.2. The molecule has 2 aliphatic carbocycles. The van der Waals surface area contributed by atoms with Crippen LogP contribution >= 0.6 is 0 Å². The second kappa shape index (κ2) is 15.8. The minimum atomic E-state index is 0.319. The second-order valence-electron chi connectivity index (χ2n) is 17.6. The smallest absolute Gasteiger partial charge is 0.164 e. The first-order chi connectivity index (χ1) is 29.8. The second-order valence-corrected chi connectivity index (χ2v) is 17.6. The van der Waals surface area contributed by atoms with E-state index in [2.05, 4.69) is 111 Å². The van der Waals surface area contributed by atoms with E-state index in [1.165, 1.54) is 48.8 Å². The summed E-state index contributed by atoms with van der Waals surface area (Å²) >= 11 is 0. The molecule has 294 valence electrons. The van der Waals surface area contributed by atoms with Crippen molar-refractivity contribution in [2.45, 2.75) is 51.4 Å². The van der Waals surface area contributed by atoms with E-state index in [9.17, 15) is 10.5 Å². The number of fused-ring (bicyclic) bond motifs is 3. The molecule has 0 aliphatic heterocycles. The van der Waals surface area contributed by atoms with E-state index in [0.29, 0.717) is 34.0 Å². The Kier molecular flexibility index (Phi) is 9.82. The van der Waals surface area contributed by atoms with Crippen LogP contribution in [0, 0.1) is 40.4 Å². The molecule has 4 atom stereocenters. The number of hydrogen-bond donors (Lipinski definition) is 0. The molecule has 0 saturated heterocycles. The van der Waals surface area contributed by atoms with Crippen molar-refractivity contribution in [3.05, 3.63) is 174 Å². The number of hydrogen-bond acceptors (Lipinski definition) is 5. The highest BCUT2D eigenvalue weighted by atomic mass is 15.0. The molecule has 2 fully saturated rings. The molecule has 2 unspecified atom stereocenters. The maximum atomic E-state index is 9.27. The van der Waals surface area contributed by atoms with E-state index in [4.69, 9.17) is 15.0 Å². The fourth-order valence-corrected chi connectivity index (χ4v) is 10.6. The van der Waals surface area contributed by atoms with Gasteiger partial charge in [-0.25, -0.2) is 15.0 Å². The van der Waals surface area contributed by atoms with E-state index >= 15 is 0 Å². The number of benzene rings is 7. The fraction of sp³-hybridized carbons (Fsp3) is 0.196. The van der Waals surface area contributed by atoms with Gasteiger partial charge in [0.15, 0.2) is 17.5 Å². The number of rotatable bonds is 7. The minimum Gasteiger partial charge on any atom is -0.208 e. The molecule has 5 nitrogen and oxygen atoms in total. The molecule has 1 aromatic heterocycles. The topological polar surface area (TPSA) is 86.2 Å². The van der Waals surface area contributed by atoms with Crippen molar-refractivity contribution < 1.29 is 0 Å². The largest absolute Gasteiger partial charge is 0.208 e. The zero-order chi connectivity index (χ0) is 41.5. The highest BCUT2D eigenvalue weighted by Crippen LogP contribution is 2.54. The Labute approximate surface area is 358 Å². The van der Waals surface area contributed by atoms with Crippen LogP contribution in [0.5, 0.6) is 0 Å². The molecular weight excluding hydrogens is 743 g/mol. The highest BCUT2D eigenvalue weighted by molar-refractivity contribution is 5.97. The first-order valence-corrected chi connectivity index (χ1v) is 21.5. The molecular formula is C56H45N5. The Morgan fingerprint density at radius 1 is 0.459 bits per heavy atom. The molecule has 2 bridgehead atoms. The monoisotopic (exact) mass is 787 g/mol. The van der Waals surface area contributed by atoms with Crippen LogP contribution in [-0.2, 0) is 5.41 Å². The predicted molar refractivity (Wildman–Crippen MR) is 246 cm³/mol. The van der Waals surface area contributed by atoms with Crippen LogP contribution in [0.25, 0.3) is 78.3 Å². The van der Waals surface area contributed by atoms with Gasteiger partial charge in [-0.2, -0.15) is 10.5 Å². The van der Waals surface area contributed by atoms with Gasteiger partial charge in [-0.15, -0.1) is 0 Å². The molecule has 0 radical (unpaired) electrons. The lowest BCUT2D eigenvalue weighted by Crippen LogP contribution is -2.42. The Bertz CT molecular complexity index is 2830. The summed E-state index contributed by atoms with van der Waals surface area (Å²) in [5.74, 6) is 4.22. The first-order valence-electron chi connectivity index (χ1n) is 21.5. The van der Waals surface area contributed by atoms with Gasteiger partial charge in [-0.1, -0.05) is 141 Å². The van der Waals surface area contributed by atoms with Crippen molar-refractivity contribution in [3.8, 4) is 79.7 Å². The normalized spacial score (nSPS) is 19.5. The van der Waals surface area contributed by atoms with E-state index in [1.807, 2.05) is 72.8 Å². The first kappa shape index (κ1) is 38.0. The molecule has 1 heterocycles. The SMILES string of the molecule is C[C@@H]1CC2C[C@H](C)CC(c3ccc(-c4ccc5c(-c6nc(-c7ccc(-c8ccc(C#N)cc8)cc7)nc(-c7ccc(-c8ccc(C#N)cc8)cc7)n6)cccc5c4)cc3)(C2)C1. The number of nitrogens with zero attached hydrogens (tertiary/aromatic N) is 5. The fourth-order valence-electron chi connectivity index (χ4n) is 10.6. The molecule has 2 aliphatic rings. The maximum absolute atomic E-state index is 9.27. The van der Waals surface area contributed by atoms with Gasteiger partial charge in [0.05, 0.1) is 23.3 Å². The van der Waals surface area contributed by atoms with Gasteiger partial charge in [-0.3, -0.25) is 0 Å². The van der Waals surface area contributed by atoms with E-state index in [0.717, 1.165) is 67.5 Å². The zero-order valence-electron chi connectivity index (χ0n) is 34.5. The van der Waals surface area contributed by atoms with Crippen molar-refractivity contribution in [2.75, 3.05) is 0 Å². The van der Waals surface area contributed by atoms with Crippen molar-refractivity contribution in [3.63, 3.8) is 0 Å². The Morgan fingerprint density at radius 2 is 0.885 bits per heavy atom. The summed E-state index contributed by atoms with van der Waals surface area (Å²) in [6.45, 7) is 4.92. The summed E-state index contributed by atoms with van der Waals surface area (Å²) in [7, 11) is 0. The van der Waals surface area contributed by atoms with Crippen LogP contribution in [0.2, 0.25) is 0 Å². The van der Waals surface area contributed by atoms with Crippen molar-refractivity contribution in [2.24, 2.45) is 17.8 Å². The lowest BCUT2D eigenvalue weighted by atomic mass is 9.54. The van der Waals surface area contributed by atoms with Gasteiger partial charge in [0.1, 0.15) is 0 Å². The highest BCUT2D eigenvalue weighted by Gasteiger charge is 2.45. The maximum Gasteiger partial charge on any atom is 0.164 e. The molecule has 7 aromatic carbocycles. The summed E-state index contributed by atoms with van der Waals surface area (Å²) in [4.78, 5) is 15.3. The van der Waals surface area contributed by atoms with Gasteiger partial charge in [0.2, 0.25) is 0 Å². The summed E-state index contributed by atoms with van der Waals surface area (Å²) in [6.07, 6.45) is 6.73. The van der Waals surface area contributed by atoms with Crippen LogP contribution in [0.4, 0.5) is 0 Å². The third-order valence-corrected chi connectivity index (χ3v) is 13.2. The van der Waals surface area contributed by atoms with Gasteiger partial charge in [0, 0.05) is 16.7 Å². The minimum absolute atomic E-state index is 0.319. The Hall–Kier alpha value is -7.21. The summed E-state index contributed by atoms with van der Waals surface area (Å²) in [5, 5.41) is 20.8. The molecule has 2 saturated carbocycles. The van der Waals surface area contributed by atoms with Crippen molar-refractivity contribution in [1.82, 2.24) is 15.0 Å². The van der Waals surface area contributed by atoms with Crippen molar-refractivity contribution >= 4 is 10.8 Å². The van der Waals surface area contributed by atoms with E-state index in [1.54, 1.807) is 0 Å². The molecule has 10 rings (SSSR count).